The van der Waals surface area contributed by atoms with E-state index in [1.165, 1.54) is 0 Å². The van der Waals surface area contributed by atoms with E-state index in [4.69, 9.17) is 9.84 Å². The summed E-state index contributed by atoms with van der Waals surface area (Å²) in [5, 5.41) is 18.0. The quantitative estimate of drug-likeness (QED) is 0.653. The maximum absolute atomic E-state index is 10.4. The fraction of sp³-hybridized carbons (Fsp3) is 0.929. The van der Waals surface area contributed by atoms with Crippen molar-refractivity contribution in [3.8, 4) is 0 Å². The molecule has 2 aliphatic heterocycles. The number of unbranched alkanes of at least 4 members (excludes halogenated alkanes) is 3. The van der Waals surface area contributed by atoms with Crippen LogP contribution in [0.25, 0.3) is 0 Å². The first-order valence-electron chi connectivity index (χ1n) is 7.20. The Labute approximate surface area is 108 Å². The van der Waals surface area contributed by atoms with Crippen molar-refractivity contribution in [1.82, 2.24) is 0 Å². The summed E-state index contributed by atoms with van der Waals surface area (Å²) in [4.78, 5) is 10.4. The van der Waals surface area contributed by atoms with E-state index in [0.717, 1.165) is 44.9 Å². The van der Waals surface area contributed by atoms with Crippen LogP contribution in [0.4, 0.5) is 0 Å². The van der Waals surface area contributed by atoms with Gasteiger partial charge in [-0.05, 0) is 31.6 Å². The molecule has 4 nitrogen and oxygen atoms in total. The first-order valence-corrected chi connectivity index (χ1v) is 7.20. The first kappa shape index (κ1) is 13.8. The Morgan fingerprint density at radius 1 is 1.06 bits per heavy atom. The van der Waals surface area contributed by atoms with Crippen LogP contribution < -0.4 is 0 Å². The molecule has 0 aliphatic carbocycles. The molecule has 4 atom stereocenters. The fourth-order valence-electron chi connectivity index (χ4n) is 3.53. The van der Waals surface area contributed by atoms with Gasteiger partial charge in [0.05, 0.1) is 12.2 Å². The maximum atomic E-state index is 10.4. The fourth-order valence-corrected chi connectivity index (χ4v) is 3.53. The number of fused-ring (bicyclic) bond motifs is 2. The molecule has 0 spiro atoms. The van der Waals surface area contributed by atoms with E-state index in [-0.39, 0.29) is 13.0 Å². The van der Waals surface area contributed by atoms with Crippen molar-refractivity contribution in [1.29, 1.82) is 0 Å². The number of ether oxygens (including phenoxy) is 1. The molecule has 0 aromatic heterocycles. The van der Waals surface area contributed by atoms with E-state index in [1.54, 1.807) is 0 Å². The van der Waals surface area contributed by atoms with E-state index < -0.39 is 5.97 Å². The summed E-state index contributed by atoms with van der Waals surface area (Å²) in [5.41, 5.74) is 0. The van der Waals surface area contributed by atoms with Gasteiger partial charge in [0.2, 0.25) is 0 Å². The third-order valence-electron chi connectivity index (χ3n) is 4.48. The lowest BCUT2D eigenvalue weighted by molar-refractivity contribution is -0.137. The van der Waals surface area contributed by atoms with Crippen molar-refractivity contribution >= 4 is 5.97 Å². The monoisotopic (exact) mass is 256 g/mol. The lowest BCUT2D eigenvalue weighted by Gasteiger charge is -2.26. The van der Waals surface area contributed by atoms with Gasteiger partial charge in [-0.15, -0.1) is 0 Å². The van der Waals surface area contributed by atoms with Crippen LogP contribution in [0.15, 0.2) is 0 Å². The van der Waals surface area contributed by atoms with Gasteiger partial charge in [0.15, 0.2) is 0 Å². The molecule has 2 N–H and O–H groups in total. The van der Waals surface area contributed by atoms with E-state index >= 15 is 0 Å². The van der Waals surface area contributed by atoms with Gasteiger partial charge in [-0.25, -0.2) is 0 Å². The molecule has 0 aromatic carbocycles. The van der Waals surface area contributed by atoms with Crippen LogP contribution in [-0.4, -0.2) is 35.0 Å². The minimum Gasteiger partial charge on any atom is -0.481 e. The molecule has 18 heavy (non-hydrogen) atoms. The molecule has 2 bridgehead atoms. The molecule has 0 radical (unpaired) electrons. The highest BCUT2D eigenvalue weighted by atomic mass is 16.5. The molecule has 0 saturated carbocycles. The number of rotatable bonds is 8. The van der Waals surface area contributed by atoms with Crippen LogP contribution in [0, 0.1) is 11.8 Å². The number of hydrogen-bond donors (Lipinski definition) is 2. The Kier molecular flexibility index (Phi) is 5.01. The maximum Gasteiger partial charge on any atom is 0.303 e. The Morgan fingerprint density at radius 2 is 1.72 bits per heavy atom. The average molecular weight is 256 g/mol. The van der Waals surface area contributed by atoms with Crippen LogP contribution in [0.2, 0.25) is 0 Å². The zero-order valence-corrected chi connectivity index (χ0v) is 10.9. The average Bonchev–Trinajstić information content (AvgIpc) is 2.93. The highest BCUT2D eigenvalue weighted by Gasteiger charge is 2.47. The number of carbonyl (C=O) groups is 1. The van der Waals surface area contributed by atoms with Gasteiger partial charge in [0, 0.05) is 18.9 Å². The SMILES string of the molecule is O=C(O)CCCCCC[C@@H]1[C@H](CO)[C@H]2CC[C@@H]1O2. The minimum absolute atomic E-state index is 0.255. The second-order valence-corrected chi connectivity index (χ2v) is 5.65. The van der Waals surface area contributed by atoms with E-state index in [0.29, 0.717) is 24.0 Å². The van der Waals surface area contributed by atoms with Gasteiger partial charge >= 0.3 is 5.97 Å². The largest absolute Gasteiger partial charge is 0.481 e. The smallest absolute Gasteiger partial charge is 0.303 e. The highest BCUT2D eigenvalue weighted by molar-refractivity contribution is 5.66. The van der Waals surface area contributed by atoms with E-state index in [2.05, 4.69) is 0 Å². The summed E-state index contributed by atoms with van der Waals surface area (Å²) in [6.45, 7) is 0.255. The van der Waals surface area contributed by atoms with Crippen molar-refractivity contribution in [3.63, 3.8) is 0 Å². The molecule has 2 fully saturated rings. The van der Waals surface area contributed by atoms with E-state index in [9.17, 15) is 9.90 Å². The molecule has 2 rings (SSSR count). The van der Waals surface area contributed by atoms with Gasteiger partial charge in [0.1, 0.15) is 0 Å². The lowest BCUT2D eigenvalue weighted by Crippen LogP contribution is -2.29. The van der Waals surface area contributed by atoms with Gasteiger partial charge in [-0.3, -0.25) is 4.79 Å². The zero-order valence-electron chi connectivity index (χ0n) is 10.9. The number of aliphatic hydroxyl groups excluding tert-OH is 1. The van der Waals surface area contributed by atoms with Gasteiger partial charge in [-0.2, -0.15) is 0 Å². The normalized spacial score (nSPS) is 34.1. The lowest BCUT2D eigenvalue weighted by atomic mass is 9.77. The van der Waals surface area contributed by atoms with E-state index in [1.807, 2.05) is 0 Å². The number of aliphatic carboxylic acids is 1. The molecule has 104 valence electrons. The third-order valence-corrected chi connectivity index (χ3v) is 4.48. The van der Waals surface area contributed by atoms with Gasteiger partial charge in [-0.1, -0.05) is 19.3 Å². The summed E-state index contributed by atoms with van der Waals surface area (Å²) in [6.07, 6.45) is 8.38. The minimum atomic E-state index is -0.697. The molecule has 0 aromatic rings. The topological polar surface area (TPSA) is 66.8 Å². The Morgan fingerprint density at radius 3 is 2.39 bits per heavy atom. The molecule has 4 heteroatoms. The molecular formula is C14H24O4. The van der Waals surface area contributed by atoms with Crippen LogP contribution in [0.5, 0.6) is 0 Å². The molecule has 0 amide bonds. The predicted octanol–water partition coefficient (Wildman–Crippen LogP) is 2.20. The third kappa shape index (κ3) is 3.23. The molecule has 2 saturated heterocycles. The second kappa shape index (κ2) is 6.53. The standard InChI is InChI=1S/C14H24O4/c15-9-11-10(12-7-8-13(11)18-12)5-3-1-2-4-6-14(16)17/h10-13,15H,1-9H2,(H,16,17)/t10-,11+,12+,13-/m1/s1. The van der Waals surface area contributed by atoms with Crippen molar-refractivity contribution in [2.45, 2.75) is 63.6 Å². The second-order valence-electron chi connectivity index (χ2n) is 5.65. The van der Waals surface area contributed by atoms with Crippen LogP contribution in [0.1, 0.15) is 51.4 Å². The van der Waals surface area contributed by atoms with Crippen molar-refractivity contribution in [2.24, 2.45) is 11.8 Å². The zero-order chi connectivity index (χ0) is 13.0. The predicted molar refractivity (Wildman–Crippen MR) is 67.3 cm³/mol. The molecule has 0 unspecified atom stereocenters. The first-order chi connectivity index (χ1) is 8.72. The van der Waals surface area contributed by atoms with Crippen LogP contribution in [-0.2, 0) is 9.53 Å². The Hall–Kier alpha value is -0.610. The number of aliphatic hydroxyl groups is 1. The van der Waals surface area contributed by atoms with Gasteiger partial charge in [0.25, 0.3) is 0 Å². The summed E-state index contributed by atoms with van der Waals surface area (Å²) < 4.78 is 5.86. The Balaban J connectivity index is 1.60. The van der Waals surface area contributed by atoms with Crippen molar-refractivity contribution < 1.29 is 19.7 Å². The molecule has 2 aliphatic rings. The number of carboxylic acid groups (broad SMARTS) is 1. The summed E-state index contributed by atoms with van der Waals surface area (Å²) >= 11 is 0. The van der Waals surface area contributed by atoms with Crippen molar-refractivity contribution in [3.05, 3.63) is 0 Å². The summed E-state index contributed by atoms with van der Waals surface area (Å²) in [7, 11) is 0. The van der Waals surface area contributed by atoms with Gasteiger partial charge < -0.3 is 14.9 Å². The number of carboxylic acids is 1. The highest BCUT2D eigenvalue weighted by Crippen LogP contribution is 2.45. The van der Waals surface area contributed by atoms with Crippen LogP contribution in [0.3, 0.4) is 0 Å². The number of hydrogen-bond acceptors (Lipinski definition) is 3. The summed E-state index contributed by atoms with van der Waals surface area (Å²) in [6, 6.07) is 0. The summed E-state index contributed by atoms with van der Waals surface area (Å²) in [5.74, 6) is 0.188. The van der Waals surface area contributed by atoms with Crippen LogP contribution >= 0.6 is 0 Å². The Bertz CT molecular complexity index is 279. The van der Waals surface area contributed by atoms with Crippen molar-refractivity contribution in [2.75, 3.05) is 6.61 Å². The molecular weight excluding hydrogens is 232 g/mol. The molecule has 2 heterocycles.